The molecule has 0 aliphatic rings. The predicted octanol–water partition coefficient (Wildman–Crippen LogP) is 1.61. The molecule has 0 amide bonds. The maximum absolute atomic E-state index is 12.2. The summed E-state index contributed by atoms with van der Waals surface area (Å²) < 4.78 is 48.9. The van der Waals surface area contributed by atoms with Crippen molar-refractivity contribution in [1.82, 2.24) is 0 Å². The fourth-order valence-corrected chi connectivity index (χ4v) is 5.13. The van der Waals surface area contributed by atoms with E-state index in [9.17, 15) is 31.8 Å². The second-order valence-electron chi connectivity index (χ2n) is 5.43. The highest BCUT2D eigenvalue weighted by Crippen LogP contribution is 2.30. The molecule has 1 aromatic carbocycles. The Kier molecular flexibility index (Phi) is 6.79. The van der Waals surface area contributed by atoms with Gasteiger partial charge in [0.1, 0.15) is 9.79 Å². The molecule has 0 atom stereocenters. The van der Waals surface area contributed by atoms with Crippen molar-refractivity contribution in [1.29, 1.82) is 0 Å². The number of hydrogen-bond acceptors (Lipinski definition) is 7. The Morgan fingerprint density at radius 3 is 1.67 bits per heavy atom. The van der Waals surface area contributed by atoms with Crippen molar-refractivity contribution in [3.8, 4) is 11.5 Å². The summed E-state index contributed by atoms with van der Waals surface area (Å²) in [5, 5.41) is 19.7. The van der Waals surface area contributed by atoms with E-state index in [4.69, 9.17) is 0 Å². The predicted molar refractivity (Wildman–Crippen MR) is 90.0 cm³/mol. The molecule has 0 aliphatic carbocycles. The molecule has 0 fully saturated rings. The molecule has 7 nitrogen and oxygen atoms in total. The lowest BCUT2D eigenvalue weighted by Gasteiger charge is -2.03. The normalized spacial score (nSPS) is 12.2. The molecule has 0 heterocycles. The van der Waals surface area contributed by atoms with Crippen molar-refractivity contribution < 1.29 is 27.0 Å². The van der Waals surface area contributed by atoms with Crippen LogP contribution in [-0.2, 0) is 19.7 Å². The summed E-state index contributed by atoms with van der Waals surface area (Å²) in [5.74, 6) is -2.98. The zero-order valence-corrected chi connectivity index (χ0v) is 15.3. The standard InChI is InChI=1S/C15H22O7S2/c1-3-5-9-23(19,20)11-7-8-12(14(17)15(18)13(11)16)24(21,22)10-6-4-2/h7-8H,3-6,9-10H2,1-2H3,(H2,16,17,18). The molecule has 0 spiro atoms. The molecule has 9 heteroatoms. The Labute approximate surface area is 141 Å². The summed E-state index contributed by atoms with van der Waals surface area (Å²) >= 11 is 0. The van der Waals surface area contributed by atoms with E-state index < -0.39 is 46.4 Å². The number of rotatable bonds is 8. The van der Waals surface area contributed by atoms with Gasteiger partial charge in [0, 0.05) is 0 Å². The van der Waals surface area contributed by atoms with E-state index in [1.54, 1.807) is 13.8 Å². The molecule has 0 saturated heterocycles. The number of sulfone groups is 2. The van der Waals surface area contributed by atoms with Gasteiger partial charge in [0.2, 0.25) is 11.2 Å². The first-order valence-electron chi connectivity index (χ1n) is 7.63. The molecular formula is C15H22O7S2. The number of unbranched alkanes of at least 4 members (excludes halogenated alkanes) is 2. The van der Waals surface area contributed by atoms with Gasteiger partial charge in [-0.2, -0.15) is 0 Å². The maximum Gasteiger partial charge on any atom is 0.242 e. The molecule has 0 aromatic heterocycles. The van der Waals surface area contributed by atoms with Crippen molar-refractivity contribution >= 4 is 19.7 Å². The number of hydrogen-bond donors (Lipinski definition) is 2. The lowest BCUT2D eigenvalue weighted by atomic mass is 10.4. The average Bonchev–Trinajstić information content (AvgIpc) is 2.63. The van der Waals surface area contributed by atoms with Gasteiger partial charge in [-0.25, -0.2) is 16.8 Å². The summed E-state index contributed by atoms with van der Waals surface area (Å²) in [4.78, 5) is 10.7. The van der Waals surface area contributed by atoms with Gasteiger partial charge >= 0.3 is 0 Å². The van der Waals surface area contributed by atoms with Crippen LogP contribution in [0.15, 0.2) is 26.7 Å². The highest BCUT2D eigenvalue weighted by molar-refractivity contribution is 7.91. The highest BCUT2D eigenvalue weighted by atomic mass is 32.2. The molecule has 24 heavy (non-hydrogen) atoms. The van der Waals surface area contributed by atoms with Crippen LogP contribution in [0.1, 0.15) is 39.5 Å². The maximum atomic E-state index is 12.2. The minimum Gasteiger partial charge on any atom is -0.503 e. The minimum atomic E-state index is -3.99. The fourth-order valence-electron chi connectivity index (χ4n) is 2.03. The molecule has 0 radical (unpaired) electrons. The van der Waals surface area contributed by atoms with Crippen LogP contribution in [0, 0.1) is 0 Å². The van der Waals surface area contributed by atoms with E-state index in [1.165, 1.54) is 0 Å². The molecule has 1 aromatic rings. The molecule has 2 N–H and O–H groups in total. The first kappa shape index (κ1) is 20.4. The van der Waals surface area contributed by atoms with E-state index in [0.717, 1.165) is 12.1 Å². The first-order chi connectivity index (χ1) is 11.1. The Bertz CT molecular complexity index is 856. The third-order valence-corrected chi connectivity index (χ3v) is 7.13. The minimum absolute atomic E-state index is 0.285. The van der Waals surface area contributed by atoms with Gasteiger partial charge in [0.15, 0.2) is 25.4 Å². The van der Waals surface area contributed by atoms with Gasteiger partial charge < -0.3 is 10.2 Å². The highest BCUT2D eigenvalue weighted by Gasteiger charge is 2.26. The van der Waals surface area contributed by atoms with Crippen molar-refractivity contribution in [2.45, 2.75) is 49.3 Å². The summed E-state index contributed by atoms with van der Waals surface area (Å²) in [7, 11) is -7.95. The largest absolute Gasteiger partial charge is 0.503 e. The topological polar surface area (TPSA) is 126 Å². The molecule has 136 valence electrons. The molecule has 1 rings (SSSR count). The third-order valence-electron chi connectivity index (χ3n) is 3.49. The van der Waals surface area contributed by atoms with Crippen LogP contribution < -0.4 is 5.43 Å². The second kappa shape index (κ2) is 7.98. The summed E-state index contributed by atoms with van der Waals surface area (Å²) in [5.41, 5.74) is -1.31. The molecule has 0 aliphatic heterocycles. The fraction of sp³-hybridized carbons (Fsp3) is 0.533. The molecule has 0 unspecified atom stereocenters. The van der Waals surface area contributed by atoms with Crippen LogP contribution in [0.4, 0.5) is 0 Å². The van der Waals surface area contributed by atoms with Crippen LogP contribution in [0.5, 0.6) is 11.5 Å². The zero-order valence-electron chi connectivity index (χ0n) is 13.6. The van der Waals surface area contributed by atoms with E-state index in [1.807, 2.05) is 0 Å². The quantitative estimate of drug-likeness (QED) is 0.703. The Morgan fingerprint density at radius 1 is 0.792 bits per heavy atom. The van der Waals surface area contributed by atoms with Crippen LogP contribution in [-0.4, -0.2) is 38.6 Å². The Hall–Kier alpha value is -1.61. The third kappa shape index (κ3) is 4.47. The smallest absolute Gasteiger partial charge is 0.242 e. The van der Waals surface area contributed by atoms with Crippen molar-refractivity contribution in [2.24, 2.45) is 0 Å². The van der Waals surface area contributed by atoms with E-state index in [-0.39, 0.29) is 11.5 Å². The van der Waals surface area contributed by atoms with Gasteiger partial charge in [0.05, 0.1) is 11.5 Å². The molecule has 0 bridgehead atoms. The van der Waals surface area contributed by atoms with Crippen molar-refractivity contribution in [3.63, 3.8) is 0 Å². The van der Waals surface area contributed by atoms with Gasteiger partial charge in [-0.15, -0.1) is 0 Å². The van der Waals surface area contributed by atoms with E-state index in [0.29, 0.717) is 25.7 Å². The summed E-state index contributed by atoms with van der Waals surface area (Å²) in [6.45, 7) is 3.56. The van der Waals surface area contributed by atoms with Gasteiger partial charge in [-0.3, -0.25) is 4.79 Å². The van der Waals surface area contributed by atoms with E-state index in [2.05, 4.69) is 0 Å². The van der Waals surface area contributed by atoms with Crippen LogP contribution in [0.25, 0.3) is 0 Å². The molecule has 0 saturated carbocycles. The average molecular weight is 378 g/mol. The molecular weight excluding hydrogens is 356 g/mol. The second-order valence-corrected chi connectivity index (χ2v) is 9.59. The summed E-state index contributed by atoms with van der Waals surface area (Å²) in [6, 6.07) is 1.70. The SMILES string of the molecule is CCCCS(=O)(=O)c1ccc(S(=O)(=O)CCCC)c(=O)c(O)c1O. The lowest BCUT2D eigenvalue weighted by Crippen LogP contribution is -2.15. The van der Waals surface area contributed by atoms with Crippen molar-refractivity contribution in [2.75, 3.05) is 11.5 Å². The van der Waals surface area contributed by atoms with Crippen molar-refractivity contribution in [3.05, 3.63) is 22.4 Å². The Morgan fingerprint density at radius 2 is 1.21 bits per heavy atom. The van der Waals surface area contributed by atoms with Gasteiger partial charge in [0.25, 0.3) is 0 Å². The summed E-state index contributed by atoms with van der Waals surface area (Å²) in [6.07, 6.45) is 1.82. The van der Waals surface area contributed by atoms with Crippen LogP contribution in [0.2, 0.25) is 0 Å². The van der Waals surface area contributed by atoms with Gasteiger partial charge in [-0.05, 0) is 25.0 Å². The van der Waals surface area contributed by atoms with E-state index >= 15 is 0 Å². The van der Waals surface area contributed by atoms with Crippen LogP contribution >= 0.6 is 0 Å². The van der Waals surface area contributed by atoms with Crippen LogP contribution in [0.3, 0.4) is 0 Å². The lowest BCUT2D eigenvalue weighted by molar-refractivity contribution is 0.391. The Balaban J connectivity index is 3.61. The van der Waals surface area contributed by atoms with Gasteiger partial charge in [-0.1, -0.05) is 26.7 Å². The first-order valence-corrected chi connectivity index (χ1v) is 10.9. The monoisotopic (exact) mass is 378 g/mol. The zero-order chi connectivity index (χ0) is 18.5. The number of aromatic hydroxyl groups is 2.